The van der Waals surface area contributed by atoms with Crippen LogP contribution in [0.5, 0.6) is 0 Å². The summed E-state index contributed by atoms with van der Waals surface area (Å²) >= 11 is 0. The molecule has 0 saturated carbocycles. The lowest BCUT2D eigenvalue weighted by atomic mass is 9.88. The van der Waals surface area contributed by atoms with E-state index in [4.69, 9.17) is 10.2 Å². The van der Waals surface area contributed by atoms with E-state index in [1.54, 1.807) is 0 Å². The molecule has 0 radical (unpaired) electrons. The summed E-state index contributed by atoms with van der Waals surface area (Å²) in [6, 6.07) is 0. The number of carboxylic acid groups (broad SMARTS) is 1. The molecule has 0 aliphatic rings. The fraction of sp³-hybridized carbons (Fsp3) is 0.875. The minimum absolute atomic E-state index is 0.118. The van der Waals surface area contributed by atoms with Crippen molar-refractivity contribution < 1.29 is 15.0 Å². The van der Waals surface area contributed by atoms with E-state index in [9.17, 15) is 4.79 Å². The van der Waals surface area contributed by atoms with Gasteiger partial charge in [-0.15, -0.1) is 0 Å². The van der Waals surface area contributed by atoms with E-state index in [2.05, 4.69) is 0 Å². The summed E-state index contributed by atoms with van der Waals surface area (Å²) in [5, 5.41) is 17.1. The third kappa shape index (κ3) is 5.85. The lowest BCUT2D eigenvalue weighted by Crippen LogP contribution is -2.16. The predicted octanol–water partition coefficient (Wildman–Crippen LogP) is 1.26. The van der Waals surface area contributed by atoms with Crippen LogP contribution < -0.4 is 0 Å². The Labute approximate surface area is 67.0 Å². The van der Waals surface area contributed by atoms with Gasteiger partial charge in [0.25, 0.3) is 0 Å². The lowest BCUT2D eigenvalue weighted by molar-refractivity contribution is -0.137. The molecule has 0 saturated heterocycles. The summed E-state index contributed by atoms with van der Waals surface area (Å²) in [4.78, 5) is 10.1. The Balaban J connectivity index is 3.45. The van der Waals surface area contributed by atoms with E-state index < -0.39 is 5.97 Å². The van der Waals surface area contributed by atoms with Crippen molar-refractivity contribution in [1.82, 2.24) is 0 Å². The van der Waals surface area contributed by atoms with Gasteiger partial charge in [-0.25, -0.2) is 0 Å². The van der Waals surface area contributed by atoms with Crippen LogP contribution in [-0.2, 0) is 4.79 Å². The van der Waals surface area contributed by atoms with E-state index in [0.29, 0.717) is 6.42 Å². The fourth-order valence-electron chi connectivity index (χ4n) is 0.797. The topological polar surface area (TPSA) is 57.5 Å². The van der Waals surface area contributed by atoms with Crippen LogP contribution in [0, 0.1) is 5.41 Å². The Bertz CT molecular complexity index is 129. The highest BCUT2D eigenvalue weighted by atomic mass is 16.4. The van der Waals surface area contributed by atoms with Crippen molar-refractivity contribution in [2.45, 2.75) is 33.1 Å². The minimum Gasteiger partial charge on any atom is -0.481 e. The molecule has 0 amide bonds. The number of rotatable bonds is 5. The molecule has 0 aliphatic carbocycles. The summed E-state index contributed by atoms with van der Waals surface area (Å²) < 4.78 is 0. The molecule has 0 rings (SSSR count). The van der Waals surface area contributed by atoms with Crippen molar-refractivity contribution in [3.05, 3.63) is 0 Å². The zero-order valence-electron chi connectivity index (χ0n) is 7.13. The molecule has 0 aromatic rings. The smallest absolute Gasteiger partial charge is 0.303 e. The average molecular weight is 160 g/mol. The van der Waals surface area contributed by atoms with Crippen LogP contribution in [-0.4, -0.2) is 22.8 Å². The van der Waals surface area contributed by atoms with Gasteiger partial charge < -0.3 is 10.2 Å². The van der Waals surface area contributed by atoms with Gasteiger partial charge >= 0.3 is 5.97 Å². The highest BCUT2D eigenvalue weighted by molar-refractivity contribution is 5.66. The molecular weight excluding hydrogens is 144 g/mol. The first kappa shape index (κ1) is 10.4. The highest BCUT2D eigenvalue weighted by Crippen LogP contribution is 2.21. The third-order valence-corrected chi connectivity index (χ3v) is 1.67. The van der Waals surface area contributed by atoms with Crippen molar-refractivity contribution in [1.29, 1.82) is 0 Å². The molecule has 0 unspecified atom stereocenters. The average Bonchev–Trinajstić information content (AvgIpc) is 1.87. The predicted molar refractivity (Wildman–Crippen MR) is 42.4 cm³/mol. The first-order chi connectivity index (χ1) is 4.98. The quantitative estimate of drug-likeness (QED) is 0.636. The van der Waals surface area contributed by atoms with Crippen LogP contribution in [0.1, 0.15) is 33.1 Å². The van der Waals surface area contributed by atoms with Gasteiger partial charge in [0.05, 0.1) is 0 Å². The van der Waals surface area contributed by atoms with Crippen LogP contribution in [0.25, 0.3) is 0 Å². The number of aliphatic hydroxyl groups excluding tert-OH is 1. The summed E-state index contributed by atoms with van der Waals surface area (Å²) in [7, 11) is 0. The number of aliphatic hydroxyl groups is 1. The molecule has 11 heavy (non-hydrogen) atoms. The van der Waals surface area contributed by atoms with Crippen molar-refractivity contribution in [2.75, 3.05) is 6.61 Å². The number of hydrogen-bond acceptors (Lipinski definition) is 2. The van der Waals surface area contributed by atoms with Crippen molar-refractivity contribution in [3.8, 4) is 0 Å². The van der Waals surface area contributed by atoms with Gasteiger partial charge in [-0.1, -0.05) is 13.8 Å². The Hall–Kier alpha value is -0.570. The second-order valence-electron chi connectivity index (χ2n) is 3.57. The van der Waals surface area contributed by atoms with Gasteiger partial charge in [-0.3, -0.25) is 4.79 Å². The summed E-state index contributed by atoms with van der Waals surface area (Å²) in [5.74, 6) is -0.765. The van der Waals surface area contributed by atoms with Gasteiger partial charge in [0.1, 0.15) is 0 Å². The van der Waals surface area contributed by atoms with Gasteiger partial charge in [-0.2, -0.15) is 0 Å². The maximum absolute atomic E-state index is 10.1. The van der Waals surface area contributed by atoms with Crippen LogP contribution in [0.15, 0.2) is 0 Å². The van der Waals surface area contributed by atoms with Crippen LogP contribution >= 0.6 is 0 Å². The molecule has 0 aromatic carbocycles. The maximum atomic E-state index is 10.1. The van der Waals surface area contributed by atoms with Gasteiger partial charge in [0, 0.05) is 13.0 Å². The second kappa shape index (κ2) is 4.34. The molecule has 0 bridgehead atoms. The third-order valence-electron chi connectivity index (χ3n) is 1.67. The fourth-order valence-corrected chi connectivity index (χ4v) is 0.797. The Morgan fingerprint density at radius 1 is 1.45 bits per heavy atom. The maximum Gasteiger partial charge on any atom is 0.303 e. The SMILES string of the molecule is CC(C)(CO)CCCC(=O)O. The Morgan fingerprint density at radius 3 is 2.36 bits per heavy atom. The number of carboxylic acids is 1. The number of aliphatic carboxylic acids is 1. The van der Waals surface area contributed by atoms with E-state index in [1.165, 1.54) is 0 Å². The van der Waals surface area contributed by atoms with Crippen molar-refractivity contribution >= 4 is 5.97 Å². The molecule has 0 fully saturated rings. The van der Waals surface area contributed by atoms with E-state index in [0.717, 1.165) is 6.42 Å². The molecule has 0 aromatic heterocycles. The molecule has 0 atom stereocenters. The minimum atomic E-state index is -0.765. The van der Waals surface area contributed by atoms with Gasteiger partial charge in [0.15, 0.2) is 0 Å². The van der Waals surface area contributed by atoms with Crippen molar-refractivity contribution in [2.24, 2.45) is 5.41 Å². The molecule has 0 aliphatic heterocycles. The van der Waals surface area contributed by atoms with Crippen molar-refractivity contribution in [3.63, 3.8) is 0 Å². The van der Waals surface area contributed by atoms with E-state index in [-0.39, 0.29) is 18.4 Å². The van der Waals surface area contributed by atoms with Gasteiger partial charge in [0.2, 0.25) is 0 Å². The zero-order valence-corrected chi connectivity index (χ0v) is 7.13. The van der Waals surface area contributed by atoms with Crippen LogP contribution in [0.2, 0.25) is 0 Å². The first-order valence-corrected chi connectivity index (χ1v) is 3.80. The second-order valence-corrected chi connectivity index (χ2v) is 3.57. The van der Waals surface area contributed by atoms with E-state index >= 15 is 0 Å². The molecule has 2 N–H and O–H groups in total. The van der Waals surface area contributed by atoms with Crippen LogP contribution in [0.4, 0.5) is 0 Å². The normalized spacial score (nSPS) is 11.5. The van der Waals surface area contributed by atoms with Gasteiger partial charge in [-0.05, 0) is 18.3 Å². The number of carbonyl (C=O) groups is 1. The molecule has 3 heteroatoms. The monoisotopic (exact) mass is 160 g/mol. The molecule has 66 valence electrons. The summed E-state index contributed by atoms with van der Waals surface area (Å²) in [6.07, 6.45) is 1.60. The lowest BCUT2D eigenvalue weighted by Gasteiger charge is -2.20. The number of hydrogen-bond donors (Lipinski definition) is 2. The molecular formula is C8H16O3. The summed E-state index contributed by atoms with van der Waals surface area (Å²) in [5.41, 5.74) is -0.130. The first-order valence-electron chi connectivity index (χ1n) is 3.80. The molecule has 3 nitrogen and oxygen atoms in total. The zero-order chi connectivity index (χ0) is 8.91. The molecule has 0 heterocycles. The van der Waals surface area contributed by atoms with E-state index in [1.807, 2.05) is 13.8 Å². The molecule has 0 spiro atoms. The highest BCUT2D eigenvalue weighted by Gasteiger charge is 2.15. The Morgan fingerprint density at radius 2 is 2.00 bits per heavy atom. The van der Waals surface area contributed by atoms with Crippen LogP contribution in [0.3, 0.4) is 0 Å². The summed E-state index contributed by atoms with van der Waals surface area (Å²) in [6.45, 7) is 3.97. The Kier molecular flexibility index (Phi) is 4.11. The standard InChI is InChI=1S/C8H16O3/c1-8(2,6-9)5-3-4-7(10)11/h9H,3-6H2,1-2H3,(H,10,11). The largest absolute Gasteiger partial charge is 0.481 e.